The van der Waals surface area contributed by atoms with Gasteiger partial charge in [-0.15, -0.1) is 5.10 Å². The lowest BCUT2D eigenvalue weighted by atomic mass is 10.0. The summed E-state index contributed by atoms with van der Waals surface area (Å²) in [4.78, 5) is 40.2. The largest absolute Gasteiger partial charge is 0.322 e. The van der Waals surface area contributed by atoms with E-state index in [2.05, 4.69) is 27.6 Å². The molecule has 2 atom stereocenters. The van der Waals surface area contributed by atoms with Gasteiger partial charge in [-0.25, -0.2) is 4.68 Å². The minimum Gasteiger partial charge on any atom is -0.322 e. The maximum absolute atomic E-state index is 12.8. The highest BCUT2D eigenvalue weighted by Gasteiger charge is 2.39. The van der Waals surface area contributed by atoms with Crippen LogP contribution in [0.2, 0.25) is 0 Å². The van der Waals surface area contributed by atoms with Gasteiger partial charge < -0.3 is 9.80 Å². The van der Waals surface area contributed by atoms with Crippen LogP contribution in [0.5, 0.6) is 0 Å². The maximum Gasteiger partial charge on any atom is 0.255 e. The molecule has 0 saturated carbocycles. The molecule has 29 heavy (non-hydrogen) atoms. The van der Waals surface area contributed by atoms with E-state index in [1.165, 1.54) is 0 Å². The highest BCUT2D eigenvalue weighted by Crippen LogP contribution is 2.30. The molecule has 1 aromatic heterocycles. The number of piperidine rings is 1. The predicted molar refractivity (Wildman–Crippen MR) is 102 cm³/mol. The van der Waals surface area contributed by atoms with Gasteiger partial charge in [-0.05, 0) is 50.2 Å². The number of rotatable bonds is 3. The van der Waals surface area contributed by atoms with Crippen LogP contribution < -0.4 is 5.32 Å². The molecule has 4 heterocycles. The summed E-state index contributed by atoms with van der Waals surface area (Å²) < 4.78 is 1.74. The summed E-state index contributed by atoms with van der Waals surface area (Å²) in [5.74, 6) is -0.458. The molecule has 1 N–H and O–H groups in total. The Kier molecular flexibility index (Phi) is 4.20. The molecule has 3 aliphatic heterocycles. The summed E-state index contributed by atoms with van der Waals surface area (Å²) in [5.41, 5.74) is 3.27. The molecule has 0 radical (unpaired) electrons. The number of carbonyl (C=O) groups excluding carboxylic acids is 3. The Hall–Kier alpha value is -3.07. The predicted octanol–water partition coefficient (Wildman–Crippen LogP) is 0.447. The number of nitrogens with one attached hydrogen (secondary N) is 1. The maximum atomic E-state index is 12.8. The number of hydrogen-bond acceptors (Lipinski definition) is 6. The number of nitrogens with zero attached hydrogens (tertiary/aromatic N) is 5. The summed E-state index contributed by atoms with van der Waals surface area (Å²) >= 11 is 0. The van der Waals surface area contributed by atoms with Crippen molar-refractivity contribution < 1.29 is 14.4 Å². The molecule has 0 aliphatic carbocycles. The summed E-state index contributed by atoms with van der Waals surface area (Å²) in [6.07, 6.45) is 3.65. The number of hydrogen-bond donors (Lipinski definition) is 1. The Bertz CT molecular complexity index is 1020. The van der Waals surface area contributed by atoms with Gasteiger partial charge in [-0.1, -0.05) is 5.21 Å². The van der Waals surface area contributed by atoms with E-state index in [4.69, 9.17) is 0 Å². The average molecular weight is 394 g/mol. The van der Waals surface area contributed by atoms with Crippen molar-refractivity contribution >= 4 is 17.7 Å². The van der Waals surface area contributed by atoms with Gasteiger partial charge >= 0.3 is 0 Å². The smallest absolute Gasteiger partial charge is 0.255 e. The van der Waals surface area contributed by atoms with Crippen LogP contribution in [-0.4, -0.2) is 68.7 Å². The number of likely N-dealkylation sites (tertiary alicyclic amines) is 1. The highest BCUT2D eigenvalue weighted by atomic mass is 16.2. The highest BCUT2D eigenvalue weighted by molar-refractivity contribution is 6.05. The van der Waals surface area contributed by atoms with E-state index >= 15 is 0 Å². The third kappa shape index (κ3) is 3.11. The Morgan fingerprint density at radius 1 is 1.17 bits per heavy atom. The quantitative estimate of drug-likeness (QED) is 0.759. The van der Waals surface area contributed by atoms with Crippen molar-refractivity contribution in [3.63, 3.8) is 0 Å². The number of imide groups is 1. The van der Waals surface area contributed by atoms with Crippen molar-refractivity contribution in [3.05, 3.63) is 41.2 Å². The molecule has 150 valence electrons. The normalized spacial score (nSPS) is 24.9. The van der Waals surface area contributed by atoms with E-state index < -0.39 is 11.9 Å². The van der Waals surface area contributed by atoms with Gasteiger partial charge in [-0.2, -0.15) is 0 Å². The number of amides is 3. The van der Waals surface area contributed by atoms with Crippen molar-refractivity contribution in [2.24, 2.45) is 0 Å². The molecule has 0 bridgehead atoms. The van der Waals surface area contributed by atoms with E-state index in [9.17, 15) is 14.4 Å². The van der Waals surface area contributed by atoms with Gasteiger partial charge in [0.05, 0.1) is 17.6 Å². The minimum atomic E-state index is -0.603. The summed E-state index contributed by atoms with van der Waals surface area (Å²) in [6.45, 7) is 2.40. The second kappa shape index (κ2) is 6.77. The molecule has 0 spiro atoms. The van der Waals surface area contributed by atoms with Gasteiger partial charge in [0.15, 0.2) is 0 Å². The monoisotopic (exact) mass is 394 g/mol. The van der Waals surface area contributed by atoms with E-state index in [-0.39, 0.29) is 18.2 Å². The van der Waals surface area contributed by atoms with Gasteiger partial charge in [-0.3, -0.25) is 19.7 Å². The fourth-order valence-corrected chi connectivity index (χ4v) is 4.47. The molecular formula is C20H22N6O3. The van der Waals surface area contributed by atoms with Crippen LogP contribution >= 0.6 is 0 Å². The lowest BCUT2D eigenvalue weighted by Crippen LogP contribution is -2.52. The van der Waals surface area contributed by atoms with E-state index in [0.29, 0.717) is 24.4 Å². The first-order valence-corrected chi connectivity index (χ1v) is 9.88. The minimum absolute atomic E-state index is 0.172. The Morgan fingerprint density at radius 3 is 2.79 bits per heavy atom. The standard InChI is InChI=1S/C20H22N6O3/c1-24-7-6-12(9-24)16-11-26(23-22-16)14-2-3-15-13(8-14)10-25(20(15)29)17-4-5-18(27)21-19(17)28/h2-3,8,11-12,17H,4-7,9-10H2,1H3,(H,21,27,28). The molecule has 3 aliphatic rings. The average Bonchev–Trinajstić information content (AvgIpc) is 3.41. The summed E-state index contributed by atoms with van der Waals surface area (Å²) in [6, 6.07) is 4.96. The first-order valence-electron chi connectivity index (χ1n) is 9.88. The molecule has 2 saturated heterocycles. The zero-order valence-electron chi connectivity index (χ0n) is 16.2. The summed E-state index contributed by atoms with van der Waals surface area (Å²) in [5, 5.41) is 11.0. The molecule has 5 rings (SSSR count). The Morgan fingerprint density at radius 2 is 2.03 bits per heavy atom. The number of benzene rings is 1. The molecule has 9 heteroatoms. The third-order valence-electron chi connectivity index (χ3n) is 6.09. The molecule has 2 unspecified atom stereocenters. The fraction of sp³-hybridized carbons (Fsp3) is 0.450. The molecular weight excluding hydrogens is 372 g/mol. The first kappa shape index (κ1) is 18.0. The van der Waals surface area contributed by atoms with Crippen LogP contribution in [0, 0.1) is 0 Å². The van der Waals surface area contributed by atoms with Crippen LogP contribution in [0.1, 0.15) is 46.8 Å². The Balaban J connectivity index is 1.37. The van der Waals surface area contributed by atoms with Crippen molar-refractivity contribution in [2.45, 2.75) is 37.8 Å². The lowest BCUT2D eigenvalue weighted by Gasteiger charge is -2.29. The van der Waals surface area contributed by atoms with E-state index in [1.54, 1.807) is 15.6 Å². The zero-order valence-corrected chi connectivity index (χ0v) is 16.2. The van der Waals surface area contributed by atoms with E-state index in [1.807, 2.05) is 18.3 Å². The fourth-order valence-electron chi connectivity index (χ4n) is 4.47. The second-order valence-electron chi connectivity index (χ2n) is 8.08. The molecule has 2 fully saturated rings. The Labute approximate surface area is 167 Å². The topological polar surface area (TPSA) is 100 Å². The third-order valence-corrected chi connectivity index (χ3v) is 6.09. The van der Waals surface area contributed by atoms with Gasteiger partial charge in [0.25, 0.3) is 5.91 Å². The zero-order chi connectivity index (χ0) is 20.1. The van der Waals surface area contributed by atoms with Crippen LogP contribution in [0.3, 0.4) is 0 Å². The molecule has 1 aromatic carbocycles. The van der Waals surface area contributed by atoms with E-state index in [0.717, 1.165) is 36.5 Å². The molecule has 3 amide bonds. The van der Waals surface area contributed by atoms with Gasteiger partial charge in [0.1, 0.15) is 6.04 Å². The van der Waals surface area contributed by atoms with Gasteiger partial charge in [0, 0.05) is 31.0 Å². The van der Waals surface area contributed by atoms with Gasteiger partial charge in [0.2, 0.25) is 11.8 Å². The number of aromatic nitrogens is 3. The van der Waals surface area contributed by atoms with Crippen molar-refractivity contribution in [3.8, 4) is 5.69 Å². The summed E-state index contributed by atoms with van der Waals surface area (Å²) in [7, 11) is 2.11. The van der Waals surface area contributed by atoms with Crippen molar-refractivity contribution in [2.75, 3.05) is 20.1 Å². The van der Waals surface area contributed by atoms with Crippen molar-refractivity contribution in [1.29, 1.82) is 0 Å². The number of carbonyl (C=O) groups is 3. The van der Waals surface area contributed by atoms with Crippen LogP contribution in [0.25, 0.3) is 5.69 Å². The number of fused-ring (bicyclic) bond motifs is 1. The van der Waals surface area contributed by atoms with Crippen molar-refractivity contribution in [1.82, 2.24) is 30.1 Å². The molecule has 9 nitrogen and oxygen atoms in total. The molecule has 2 aromatic rings. The number of likely N-dealkylation sites (N-methyl/N-ethyl adjacent to an activating group) is 1. The second-order valence-corrected chi connectivity index (χ2v) is 8.08. The lowest BCUT2D eigenvalue weighted by molar-refractivity contribution is -0.136. The first-order chi connectivity index (χ1) is 14.0. The SMILES string of the molecule is CN1CCC(c2cn(-c3ccc4c(c3)CN(C3CCC(=O)NC3=O)C4=O)nn2)C1. The van der Waals surface area contributed by atoms with Crippen LogP contribution in [-0.2, 0) is 16.1 Å². The van der Waals surface area contributed by atoms with Crippen LogP contribution in [0.15, 0.2) is 24.4 Å². The van der Waals surface area contributed by atoms with Crippen LogP contribution in [0.4, 0.5) is 0 Å².